The summed E-state index contributed by atoms with van der Waals surface area (Å²) in [7, 11) is 0. The molecule has 0 aromatic heterocycles. The Labute approximate surface area is 192 Å². The lowest BCUT2D eigenvalue weighted by atomic mass is 9.84. The van der Waals surface area contributed by atoms with Crippen LogP contribution in [0.25, 0.3) is 0 Å². The first kappa shape index (κ1) is 23.4. The summed E-state index contributed by atoms with van der Waals surface area (Å²) in [5.41, 5.74) is 4.32. The van der Waals surface area contributed by atoms with E-state index < -0.39 is 10.8 Å². The average molecular weight is 455 g/mol. The quantitative estimate of drug-likeness (QED) is 0.347. The second kappa shape index (κ2) is 10.4. The van der Waals surface area contributed by atoms with E-state index in [0.717, 1.165) is 11.1 Å². The van der Waals surface area contributed by atoms with Gasteiger partial charge in [0.2, 0.25) is 0 Å². The molecule has 3 rings (SSSR count). The third-order valence-electron chi connectivity index (χ3n) is 5.21. The number of nitrogens with one attached hydrogen (secondary N) is 1. The lowest BCUT2D eigenvalue weighted by Crippen LogP contribution is -2.31. The Bertz CT molecular complexity index is 1080. The van der Waals surface area contributed by atoms with Crippen molar-refractivity contribution in [3.63, 3.8) is 0 Å². The molecule has 0 aliphatic carbocycles. The predicted octanol–water partition coefficient (Wildman–Crippen LogP) is 4.38. The molecule has 0 fully saturated rings. The van der Waals surface area contributed by atoms with Crippen molar-refractivity contribution >= 4 is 17.3 Å². The number of dihydropyridines is 1. The van der Waals surface area contributed by atoms with E-state index in [0.29, 0.717) is 34.9 Å². The SMILES string of the molecule is CC1=C(C(=S)OCCO)C(c2ccccc2OCc2ccc(C)cc2)C([N+](=O)[O-])=C(C)N1. The topological polar surface area (TPSA) is 93.9 Å². The predicted molar refractivity (Wildman–Crippen MR) is 126 cm³/mol. The molecule has 0 spiro atoms. The van der Waals surface area contributed by atoms with Gasteiger partial charge in [-0.1, -0.05) is 48.0 Å². The van der Waals surface area contributed by atoms with E-state index in [1.165, 1.54) is 0 Å². The van der Waals surface area contributed by atoms with Crippen molar-refractivity contribution in [2.75, 3.05) is 13.2 Å². The van der Waals surface area contributed by atoms with E-state index in [1.807, 2.05) is 43.3 Å². The first-order valence-electron chi connectivity index (χ1n) is 10.2. The lowest BCUT2D eigenvalue weighted by molar-refractivity contribution is -0.431. The molecule has 0 bridgehead atoms. The summed E-state index contributed by atoms with van der Waals surface area (Å²) in [4.78, 5) is 11.7. The van der Waals surface area contributed by atoms with E-state index in [1.54, 1.807) is 26.0 Å². The molecule has 32 heavy (non-hydrogen) atoms. The van der Waals surface area contributed by atoms with Crippen LogP contribution in [-0.2, 0) is 11.3 Å². The number of nitro groups is 1. The minimum absolute atomic E-state index is 0.00436. The van der Waals surface area contributed by atoms with Gasteiger partial charge >= 0.3 is 0 Å². The molecule has 8 heteroatoms. The molecule has 1 atom stereocenters. The van der Waals surface area contributed by atoms with Gasteiger partial charge in [0.25, 0.3) is 5.70 Å². The molecule has 168 valence electrons. The highest BCUT2D eigenvalue weighted by Gasteiger charge is 2.40. The van der Waals surface area contributed by atoms with Crippen molar-refractivity contribution < 1.29 is 19.5 Å². The Balaban J connectivity index is 2.04. The smallest absolute Gasteiger partial charge is 0.277 e. The van der Waals surface area contributed by atoms with Crippen LogP contribution in [0.4, 0.5) is 0 Å². The van der Waals surface area contributed by atoms with Crippen LogP contribution in [0, 0.1) is 17.0 Å². The van der Waals surface area contributed by atoms with Crippen molar-refractivity contribution in [1.29, 1.82) is 0 Å². The average Bonchev–Trinajstić information content (AvgIpc) is 2.76. The van der Waals surface area contributed by atoms with Gasteiger partial charge in [-0.15, -0.1) is 0 Å². The second-order valence-corrected chi connectivity index (χ2v) is 7.91. The minimum atomic E-state index is -0.785. The van der Waals surface area contributed by atoms with Crippen molar-refractivity contribution in [3.05, 3.63) is 98.0 Å². The van der Waals surface area contributed by atoms with Crippen LogP contribution in [-0.4, -0.2) is 28.3 Å². The normalized spacial score (nSPS) is 15.9. The summed E-state index contributed by atoms with van der Waals surface area (Å²) in [6.07, 6.45) is 0. The number of aliphatic hydroxyl groups is 1. The molecule has 0 saturated carbocycles. The first-order chi connectivity index (χ1) is 15.3. The zero-order valence-corrected chi connectivity index (χ0v) is 19.1. The van der Waals surface area contributed by atoms with Gasteiger partial charge in [0.1, 0.15) is 24.9 Å². The van der Waals surface area contributed by atoms with Crippen molar-refractivity contribution in [2.45, 2.75) is 33.3 Å². The van der Waals surface area contributed by atoms with E-state index in [-0.39, 0.29) is 24.0 Å². The summed E-state index contributed by atoms with van der Waals surface area (Å²) < 4.78 is 11.6. The van der Waals surface area contributed by atoms with Crippen LogP contribution in [0.5, 0.6) is 5.75 Å². The zero-order chi connectivity index (χ0) is 23.3. The van der Waals surface area contributed by atoms with Crippen LogP contribution >= 0.6 is 12.2 Å². The third-order valence-corrected chi connectivity index (χ3v) is 5.55. The highest BCUT2D eigenvalue weighted by Crippen LogP contribution is 2.42. The summed E-state index contributed by atoms with van der Waals surface area (Å²) in [5, 5.41) is 24.4. The van der Waals surface area contributed by atoms with Crippen LogP contribution in [0.2, 0.25) is 0 Å². The maximum absolute atomic E-state index is 12.1. The van der Waals surface area contributed by atoms with Gasteiger partial charge in [0.05, 0.1) is 17.2 Å². The number of allylic oxidation sites excluding steroid dienone is 3. The number of aliphatic hydroxyl groups excluding tert-OH is 1. The van der Waals surface area contributed by atoms with E-state index in [9.17, 15) is 10.1 Å². The number of ether oxygens (including phenoxy) is 2. The third kappa shape index (κ3) is 5.15. The Morgan fingerprint density at radius 2 is 1.81 bits per heavy atom. The molecule has 1 aliphatic rings. The Morgan fingerprint density at radius 3 is 2.47 bits per heavy atom. The zero-order valence-electron chi connectivity index (χ0n) is 18.3. The van der Waals surface area contributed by atoms with Crippen LogP contribution < -0.4 is 10.1 Å². The molecule has 1 aliphatic heterocycles. The van der Waals surface area contributed by atoms with Gasteiger partial charge in [0, 0.05) is 16.8 Å². The molecule has 0 amide bonds. The van der Waals surface area contributed by atoms with Gasteiger partial charge < -0.3 is 19.9 Å². The molecule has 2 N–H and O–H groups in total. The molecular formula is C24H26N2O5S. The number of aryl methyl sites for hydroxylation is 1. The van der Waals surface area contributed by atoms with E-state index in [2.05, 4.69) is 5.32 Å². The molecule has 0 saturated heterocycles. The Morgan fingerprint density at radius 1 is 1.12 bits per heavy atom. The fraction of sp³-hybridized carbons (Fsp3) is 0.292. The van der Waals surface area contributed by atoms with Crippen LogP contribution in [0.15, 0.2) is 71.2 Å². The van der Waals surface area contributed by atoms with Crippen molar-refractivity contribution in [1.82, 2.24) is 5.32 Å². The molecule has 1 unspecified atom stereocenters. The summed E-state index contributed by atoms with van der Waals surface area (Å²) in [6, 6.07) is 15.2. The standard InChI is InChI=1S/C24H26N2O5S/c1-15-8-10-18(11-9-15)14-31-20-7-5-4-6-19(20)22-21(24(32)30-13-12-27)16(2)25-17(3)23(22)26(28)29/h4-11,22,25,27H,12-14H2,1-3H3. The monoisotopic (exact) mass is 454 g/mol. The highest BCUT2D eigenvalue weighted by atomic mass is 32.1. The van der Waals surface area contributed by atoms with Gasteiger partial charge in [-0.2, -0.15) is 0 Å². The summed E-state index contributed by atoms with van der Waals surface area (Å²) >= 11 is 5.45. The van der Waals surface area contributed by atoms with Crippen LogP contribution in [0.1, 0.15) is 36.5 Å². The molecule has 1 heterocycles. The van der Waals surface area contributed by atoms with Gasteiger partial charge in [-0.25, -0.2) is 0 Å². The fourth-order valence-corrected chi connectivity index (χ4v) is 4.06. The number of thiocarbonyl (C=S) groups is 1. The lowest BCUT2D eigenvalue weighted by Gasteiger charge is -2.28. The summed E-state index contributed by atoms with van der Waals surface area (Å²) in [5.74, 6) is -0.256. The Hall–Kier alpha value is -3.23. The number of hydrogen-bond acceptors (Lipinski definition) is 7. The van der Waals surface area contributed by atoms with Gasteiger partial charge in [-0.05, 0) is 44.6 Å². The number of benzene rings is 2. The van der Waals surface area contributed by atoms with Crippen molar-refractivity contribution in [2.24, 2.45) is 0 Å². The van der Waals surface area contributed by atoms with Gasteiger partial charge in [-0.3, -0.25) is 10.1 Å². The number of nitrogens with zero attached hydrogens (tertiary/aromatic N) is 1. The molecular weight excluding hydrogens is 428 g/mol. The van der Waals surface area contributed by atoms with Crippen molar-refractivity contribution in [3.8, 4) is 5.75 Å². The van der Waals surface area contributed by atoms with E-state index >= 15 is 0 Å². The molecule has 2 aromatic carbocycles. The fourth-order valence-electron chi connectivity index (χ4n) is 3.71. The van der Waals surface area contributed by atoms with Crippen LogP contribution in [0.3, 0.4) is 0 Å². The molecule has 2 aromatic rings. The highest BCUT2D eigenvalue weighted by molar-refractivity contribution is 7.80. The molecule has 0 radical (unpaired) electrons. The number of hydrogen-bond donors (Lipinski definition) is 2. The van der Waals surface area contributed by atoms with Gasteiger partial charge in [0.15, 0.2) is 5.05 Å². The summed E-state index contributed by atoms with van der Waals surface area (Å²) in [6.45, 7) is 5.60. The maximum Gasteiger partial charge on any atom is 0.277 e. The second-order valence-electron chi connectivity index (χ2n) is 7.54. The largest absolute Gasteiger partial charge is 0.489 e. The molecule has 7 nitrogen and oxygen atoms in total. The number of rotatable bonds is 8. The minimum Gasteiger partial charge on any atom is -0.489 e. The first-order valence-corrected chi connectivity index (χ1v) is 10.6. The Kier molecular flexibility index (Phi) is 7.61. The number of para-hydroxylation sites is 1. The maximum atomic E-state index is 12.1. The van der Waals surface area contributed by atoms with E-state index in [4.69, 9.17) is 26.8 Å².